The lowest BCUT2D eigenvalue weighted by Gasteiger charge is -2.45. The normalized spacial score (nSPS) is 22.6. The van der Waals surface area contributed by atoms with Crippen molar-refractivity contribution in [2.75, 3.05) is 0 Å². The van der Waals surface area contributed by atoms with Crippen LogP contribution >= 0.6 is 0 Å². The van der Waals surface area contributed by atoms with Gasteiger partial charge >= 0.3 is 0 Å². The van der Waals surface area contributed by atoms with Gasteiger partial charge in [-0.05, 0) is 82.4 Å². The molecule has 4 heteroatoms. The first-order chi connectivity index (χ1) is 28.1. The van der Waals surface area contributed by atoms with Gasteiger partial charge in [-0.25, -0.2) is 15.0 Å². The molecule has 2 heterocycles. The van der Waals surface area contributed by atoms with Gasteiger partial charge in [0, 0.05) is 34.1 Å². The number of hydrogen-bond acceptors (Lipinski definition) is 4. The molecule has 1 spiro atoms. The van der Waals surface area contributed by atoms with E-state index >= 15 is 0 Å². The molecule has 4 nitrogen and oxygen atoms in total. The molecule has 0 saturated carbocycles. The summed E-state index contributed by atoms with van der Waals surface area (Å²) in [6.45, 7) is 2.29. The Labute approximate surface area is 334 Å². The smallest absolute Gasteiger partial charge is 0.164 e. The van der Waals surface area contributed by atoms with Crippen molar-refractivity contribution in [2.24, 2.45) is 11.8 Å². The van der Waals surface area contributed by atoms with Gasteiger partial charge in [0.2, 0.25) is 0 Å². The predicted molar refractivity (Wildman–Crippen MR) is 230 cm³/mol. The lowest BCUT2D eigenvalue weighted by Crippen LogP contribution is -2.40. The van der Waals surface area contributed by atoms with Crippen molar-refractivity contribution in [3.63, 3.8) is 0 Å². The quantitative estimate of drug-likeness (QED) is 0.177. The van der Waals surface area contributed by atoms with Crippen molar-refractivity contribution >= 4 is 11.1 Å². The number of aromatic nitrogens is 3. The van der Waals surface area contributed by atoms with Crippen molar-refractivity contribution in [2.45, 2.75) is 37.5 Å². The Bertz CT molecular complexity index is 2750. The van der Waals surface area contributed by atoms with E-state index in [2.05, 4.69) is 165 Å². The largest absolute Gasteiger partial charge is 0.457 e. The number of allylic oxidation sites excluding steroid dienone is 11. The monoisotopic (exact) mass is 735 g/mol. The summed E-state index contributed by atoms with van der Waals surface area (Å²) in [4.78, 5) is 15.2. The van der Waals surface area contributed by atoms with Crippen molar-refractivity contribution in [1.29, 1.82) is 0 Å². The molecule has 4 aliphatic carbocycles. The van der Waals surface area contributed by atoms with E-state index in [4.69, 9.17) is 19.7 Å². The third-order valence-corrected chi connectivity index (χ3v) is 12.6. The van der Waals surface area contributed by atoms with Crippen LogP contribution in [-0.2, 0) is 5.41 Å². The molecule has 3 unspecified atom stereocenters. The summed E-state index contributed by atoms with van der Waals surface area (Å²) in [7, 11) is 0. The molecule has 57 heavy (non-hydrogen) atoms. The molecule has 1 aliphatic heterocycles. The lowest BCUT2D eigenvalue weighted by atomic mass is 9.60. The van der Waals surface area contributed by atoms with Crippen LogP contribution < -0.4 is 4.74 Å². The molecule has 6 aromatic rings. The highest BCUT2D eigenvalue weighted by molar-refractivity contribution is 5.79. The topological polar surface area (TPSA) is 47.9 Å². The minimum absolute atomic E-state index is 0.257. The van der Waals surface area contributed by atoms with Gasteiger partial charge in [-0.3, -0.25) is 0 Å². The van der Waals surface area contributed by atoms with E-state index in [0.717, 1.165) is 64.4 Å². The van der Waals surface area contributed by atoms with Gasteiger partial charge in [-0.1, -0.05) is 165 Å². The molecule has 0 saturated heterocycles. The number of nitrogens with zero attached hydrogens (tertiary/aromatic N) is 3. The molecule has 11 rings (SSSR count). The SMILES string of the molecule is C[C@H]1CC(c2nc(-c3ccccc3)nc(-c3ccc(-c4ccc5c(c4)C4(C6=CCCC=C6O5)c5ccccc5C5C=CC=CC54)cc3)n2)=CC=C1c1ccccc1. The van der Waals surface area contributed by atoms with Crippen molar-refractivity contribution in [3.8, 4) is 39.7 Å². The van der Waals surface area contributed by atoms with Gasteiger partial charge in [0.05, 0.1) is 5.41 Å². The molecule has 0 bridgehead atoms. The Hall–Kier alpha value is -6.65. The zero-order valence-corrected chi connectivity index (χ0v) is 31.8. The first-order valence-corrected chi connectivity index (χ1v) is 20.2. The van der Waals surface area contributed by atoms with Gasteiger partial charge < -0.3 is 4.74 Å². The van der Waals surface area contributed by atoms with Crippen LogP contribution in [0, 0.1) is 11.8 Å². The molecule has 0 fully saturated rings. The van der Waals surface area contributed by atoms with Crippen LogP contribution in [0.25, 0.3) is 45.0 Å². The number of hydrogen-bond donors (Lipinski definition) is 0. The summed E-state index contributed by atoms with van der Waals surface area (Å²) in [6.07, 6.45) is 21.3. The summed E-state index contributed by atoms with van der Waals surface area (Å²) in [5.74, 6) is 4.94. The number of benzene rings is 5. The molecule has 4 atom stereocenters. The highest BCUT2D eigenvalue weighted by Gasteiger charge is 2.57. The molecule has 274 valence electrons. The van der Waals surface area contributed by atoms with Crippen LogP contribution in [0.15, 0.2) is 187 Å². The second kappa shape index (κ2) is 13.5. The Morgan fingerprint density at radius 1 is 0.579 bits per heavy atom. The first-order valence-electron chi connectivity index (χ1n) is 20.2. The third kappa shape index (κ3) is 5.46. The fourth-order valence-electron chi connectivity index (χ4n) is 9.98. The molecule has 0 N–H and O–H groups in total. The highest BCUT2D eigenvalue weighted by Crippen LogP contribution is 2.64. The summed E-state index contributed by atoms with van der Waals surface area (Å²) in [5, 5.41) is 0. The minimum atomic E-state index is -0.338. The molecule has 1 aromatic heterocycles. The zero-order chi connectivity index (χ0) is 37.9. The highest BCUT2D eigenvalue weighted by atomic mass is 16.5. The molecule has 0 radical (unpaired) electrons. The maximum absolute atomic E-state index is 6.75. The summed E-state index contributed by atoms with van der Waals surface area (Å²) < 4.78 is 6.75. The Morgan fingerprint density at radius 3 is 2.02 bits per heavy atom. The summed E-state index contributed by atoms with van der Waals surface area (Å²) in [5.41, 5.74) is 13.0. The molecular formula is C53H41N3O. The van der Waals surface area contributed by atoms with Gasteiger partial charge in [-0.15, -0.1) is 0 Å². The van der Waals surface area contributed by atoms with Crippen LogP contribution in [0.1, 0.15) is 60.2 Å². The Morgan fingerprint density at radius 2 is 1.23 bits per heavy atom. The summed E-state index contributed by atoms with van der Waals surface area (Å²) >= 11 is 0. The Kier molecular flexibility index (Phi) is 7.99. The summed E-state index contributed by atoms with van der Waals surface area (Å²) in [6, 6.07) is 45.4. The van der Waals surface area contributed by atoms with E-state index in [9.17, 15) is 0 Å². The van der Waals surface area contributed by atoms with Crippen LogP contribution in [0.2, 0.25) is 0 Å². The third-order valence-electron chi connectivity index (χ3n) is 12.6. The zero-order valence-electron chi connectivity index (χ0n) is 31.8. The standard InChI is InChI=1S/C53H41N3O/c1-34-32-40(28-30-41(34)36-14-4-2-5-15-36)52-55-50(37-16-6-3-7-17-37)54-51(56-52)38-26-24-35(25-27-38)39-29-31-49-47(33-39)53(46-22-12-13-23-48(46)57-49)44-20-10-8-18-42(44)43-19-9-11-21-45(43)53/h2-11,14-31,33-34,42,44H,12-13,32H2,1H3/t34-,42?,44?,53?/m0/s1. The maximum Gasteiger partial charge on any atom is 0.164 e. The van der Waals surface area contributed by atoms with Crippen LogP contribution in [-0.4, -0.2) is 15.0 Å². The van der Waals surface area contributed by atoms with Crippen LogP contribution in [0.5, 0.6) is 5.75 Å². The molecular weight excluding hydrogens is 695 g/mol. The minimum Gasteiger partial charge on any atom is -0.457 e. The molecule has 0 amide bonds. The average molecular weight is 736 g/mol. The van der Waals surface area contributed by atoms with Crippen molar-refractivity contribution < 1.29 is 4.74 Å². The van der Waals surface area contributed by atoms with Gasteiger partial charge in [-0.2, -0.15) is 0 Å². The van der Waals surface area contributed by atoms with Crippen molar-refractivity contribution in [1.82, 2.24) is 15.0 Å². The Balaban J connectivity index is 0.995. The van der Waals surface area contributed by atoms with E-state index < -0.39 is 0 Å². The van der Waals surface area contributed by atoms with Crippen LogP contribution in [0.3, 0.4) is 0 Å². The molecule has 5 aromatic carbocycles. The van der Waals surface area contributed by atoms with E-state index in [1.807, 2.05) is 18.2 Å². The fourth-order valence-corrected chi connectivity index (χ4v) is 9.98. The lowest BCUT2D eigenvalue weighted by molar-refractivity contribution is 0.333. The first kappa shape index (κ1) is 33.7. The van der Waals surface area contributed by atoms with E-state index in [1.165, 1.54) is 33.4 Å². The number of fused-ring (bicyclic) bond motifs is 9. The van der Waals surface area contributed by atoms with Gasteiger partial charge in [0.1, 0.15) is 11.5 Å². The van der Waals surface area contributed by atoms with E-state index in [0.29, 0.717) is 23.5 Å². The number of ether oxygens (including phenoxy) is 1. The molecule has 5 aliphatic rings. The maximum atomic E-state index is 6.75. The average Bonchev–Trinajstić information content (AvgIpc) is 3.57. The van der Waals surface area contributed by atoms with Crippen LogP contribution in [0.4, 0.5) is 0 Å². The van der Waals surface area contributed by atoms with Gasteiger partial charge in [0.25, 0.3) is 0 Å². The van der Waals surface area contributed by atoms with E-state index in [1.54, 1.807) is 0 Å². The van der Waals surface area contributed by atoms with Gasteiger partial charge in [0.15, 0.2) is 17.5 Å². The second-order valence-electron chi connectivity index (χ2n) is 15.8. The fraction of sp³-hybridized carbons (Fsp3) is 0.151. The number of rotatable bonds is 5. The predicted octanol–water partition coefficient (Wildman–Crippen LogP) is 12.5. The second-order valence-corrected chi connectivity index (χ2v) is 15.8. The van der Waals surface area contributed by atoms with E-state index in [-0.39, 0.29) is 11.3 Å². The van der Waals surface area contributed by atoms with Crippen molar-refractivity contribution in [3.05, 3.63) is 215 Å².